The molecule has 0 saturated heterocycles. The van der Waals surface area contributed by atoms with Crippen LogP contribution in [0.2, 0.25) is 0 Å². The van der Waals surface area contributed by atoms with Crippen molar-refractivity contribution in [3.63, 3.8) is 0 Å². The Hall–Kier alpha value is -6.32. The summed E-state index contributed by atoms with van der Waals surface area (Å²) in [6.07, 6.45) is 0. The molecule has 49 heavy (non-hydrogen) atoms. The van der Waals surface area contributed by atoms with E-state index in [4.69, 9.17) is 0 Å². The number of para-hydroxylation sites is 2. The second-order valence-corrected chi connectivity index (χ2v) is 13.3. The molecular weight excluding hydrogens is 591 g/mol. The third-order valence-electron chi connectivity index (χ3n) is 10.7. The van der Waals surface area contributed by atoms with E-state index in [1.807, 2.05) is 0 Å². The molecule has 0 amide bonds. The zero-order valence-electron chi connectivity index (χ0n) is 26.7. The van der Waals surface area contributed by atoms with Crippen molar-refractivity contribution >= 4 is 67.4 Å². The van der Waals surface area contributed by atoms with Crippen LogP contribution >= 0.6 is 0 Å². The van der Waals surface area contributed by atoms with E-state index < -0.39 is 0 Å². The molecule has 0 radical (unpaired) electrons. The summed E-state index contributed by atoms with van der Waals surface area (Å²) in [6.45, 7) is 0.112. The lowest BCUT2D eigenvalue weighted by molar-refractivity contribution is 1.28. The van der Waals surface area contributed by atoms with Gasteiger partial charge < -0.3 is 9.38 Å². The molecule has 9 aromatic rings. The standard InChI is InChI=1S/C46H29BN2/c1-3-16-32(17-4-1)48(33-18-5-2-6-19-33)34-28-41-38-22-10-12-25-44(38)47-43-24-11-9-21-37(43)39-26-31(27-40-42(29-34)46(41)49(47)45(39)40)36-23-13-15-30-14-7-8-20-35(30)36/h1-29H. The van der Waals surface area contributed by atoms with Crippen molar-refractivity contribution in [3.05, 3.63) is 176 Å². The highest BCUT2D eigenvalue weighted by Gasteiger charge is 2.39. The van der Waals surface area contributed by atoms with Gasteiger partial charge in [-0.2, -0.15) is 0 Å². The maximum absolute atomic E-state index is 2.66. The van der Waals surface area contributed by atoms with Crippen LogP contribution in [0.5, 0.6) is 0 Å². The SMILES string of the molecule is c1ccc(N(c2ccccc2)c2cc3c4c(c2)c2cc(-c5cccc6ccccc56)cc5c2n4B(c2ccccc2-5)c2ccccc2-3)cc1. The van der Waals surface area contributed by atoms with Gasteiger partial charge in [0, 0.05) is 50.0 Å². The number of nitrogens with zero attached hydrogens (tertiary/aromatic N) is 2. The van der Waals surface area contributed by atoms with Crippen LogP contribution in [0, 0.1) is 0 Å². The molecule has 2 aliphatic heterocycles. The molecule has 8 aromatic carbocycles. The molecule has 1 aromatic heterocycles. The van der Waals surface area contributed by atoms with Crippen LogP contribution in [0.3, 0.4) is 0 Å². The van der Waals surface area contributed by atoms with Gasteiger partial charge in [-0.15, -0.1) is 0 Å². The van der Waals surface area contributed by atoms with Crippen LogP contribution < -0.4 is 15.8 Å². The summed E-state index contributed by atoms with van der Waals surface area (Å²) in [7, 11) is 0. The van der Waals surface area contributed by atoms with Gasteiger partial charge in [0.1, 0.15) is 0 Å². The number of benzene rings is 8. The Morgan fingerprint density at radius 1 is 0.367 bits per heavy atom. The van der Waals surface area contributed by atoms with Crippen molar-refractivity contribution in [2.75, 3.05) is 4.90 Å². The average Bonchev–Trinajstić information content (AvgIpc) is 3.50. The molecule has 0 aliphatic carbocycles. The number of aromatic nitrogens is 1. The van der Waals surface area contributed by atoms with Gasteiger partial charge in [0.15, 0.2) is 0 Å². The van der Waals surface area contributed by atoms with Gasteiger partial charge in [0.25, 0.3) is 0 Å². The zero-order chi connectivity index (χ0) is 32.1. The quantitative estimate of drug-likeness (QED) is 0.178. The first kappa shape index (κ1) is 26.7. The lowest BCUT2D eigenvalue weighted by Crippen LogP contribution is -2.53. The predicted octanol–water partition coefficient (Wildman–Crippen LogP) is 10.7. The second kappa shape index (κ2) is 10.1. The molecular formula is C46H29BN2. The van der Waals surface area contributed by atoms with Gasteiger partial charge in [-0.05, 0) is 92.5 Å². The smallest absolute Gasteiger partial charge is 0.329 e. The summed E-state index contributed by atoms with van der Waals surface area (Å²) in [6, 6.07) is 64.9. The van der Waals surface area contributed by atoms with Gasteiger partial charge in [0.05, 0.1) is 0 Å². The highest BCUT2D eigenvalue weighted by molar-refractivity contribution is 6.88. The van der Waals surface area contributed by atoms with Gasteiger partial charge in [0.2, 0.25) is 0 Å². The van der Waals surface area contributed by atoms with Crippen molar-refractivity contribution in [1.29, 1.82) is 0 Å². The van der Waals surface area contributed by atoms with Crippen molar-refractivity contribution in [2.24, 2.45) is 0 Å². The van der Waals surface area contributed by atoms with Crippen molar-refractivity contribution in [3.8, 4) is 33.4 Å². The first-order valence-electron chi connectivity index (χ1n) is 17.1. The molecule has 0 N–H and O–H groups in total. The van der Waals surface area contributed by atoms with Crippen LogP contribution in [0.25, 0.3) is 66.0 Å². The first-order chi connectivity index (χ1) is 24.3. The molecule has 0 bridgehead atoms. The van der Waals surface area contributed by atoms with E-state index in [2.05, 4.69) is 185 Å². The van der Waals surface area contributed by atoms with Crippen molar-refractivity contribution in [1.82, 2.24) is 4.48 Å². The molecule has 2 nitrogen and oxygen atoms in total. The van der Waals surface area contributed by atoms with E-state index in [-0.39, 0.29) is 6.85 Å². The Bertz CT molecular complexity index is 2740. The average molecular weight is 621 g/mol. The molecule has 0 unspecified atom stereocenters. The van der Waals surface area contributed by atoms with Crippen molar-refractivity contribution in [2.45, 2.75) is 0 Å². The molecule has 0 saturated carbocycles. The number of hydrogen-bond acceptors (Lipinski definition) is 1. The van der Waals surface area contributed by atoms with Gasteiger partial charge in [-0.3, -0.25) is 0 Å². The minimum atomic E-state index is 0.112. The van der Waals surface area contributed by atoms with Crippen LogP contribution in [0.1, 0.15) is 0 Å². The topological polar surface area (TPSA) is 8.17 Å². The second-order valence-electron chi connectivity index (χ2n) is 13.3. The minimum Gasteiger partial charge on any atom is -0.375 e. The summed E-state index contributed by atoms with van der Waals surface area (Å²) in [5.74, 6) is 0. The lowest BCUT2D eigenvalue weighted by Gasteiger charge is -2.33. The van der Waals surface area contributed by atoms with E-state index in [0.29, 0.717) is 0 Å². The molecule has 0 fully saturated rings. The zero-order valence-corrected chi connectivity index (χ0v) is 26.7. The number of rotatable bonds is 4. The maximum Gasteiger partial charge on any atom is 0.329 e. The summed E-state index contributed by atoms with van der Waals surface area (Å²) < 4.78 is 2.66. The molecule has 0 spiro atoms. The monoisotopic (exact) mass is 620 g/mol. The fraction of sp³-hybridized carbons (Fsp3) is 0. The first-order valence-corrected chi connectivity index (χ1v) is 17.1. The lowest BCUT2D eigenvalue weighted by atomic mass is 9.45. The fourth-order valence-electron chi connectivity index (χ4n) is 8.73. The summed E-state index contributed by atoms with van der Waals surface area (Å²) >= 11 is 0. The molecule has 2 aliphatic rings. The van der Waals surface area contributed by atoms with E-state index >= 15 is 0 Å². The molecule has 3 heteroatoms. The Morgan fingerprint density at radius 3 is 1.59 bits per heavy atom. The summed E-state index contributed by atoms with van der Waals surface area (Å²) in [5.41, 5.74) is 16.5. The van der Waals surface area contributed by atoms with Crippen LogP contribution in [-0.4, -0.2) is 11.3 Å². The van der Waals surface area contributed by atoms with E-state index in [1.165, 1.54) is 76.9 Å². The third-order valence-corrected chi connectivity index (χ3v) is 10.7. The third kappa shape index (κ3) is 3.73. The normalized spacial score (nSPS) is 12.4. The van der Waals surface area contributed by atoms with Crippen LogP contribution in [0.15, 0.2) is 176 Å². The van der Waals surface area contributed by atoms with Crippen LogP contribution in [0.4, 0.5) is 17.1 Å². The molecule has 226 valence electrons. The molecule has 0 atom stereocenters. The molecule has 3 heterocycles. The largest absolute Gasteiger partial charge is 0.375 e. The molecule has 11 rings (SSSR count). The van der Waals surface area contributed by atoms with Crippen LogP contribution in [-0.2, 0) is 0 Å². The highest BCUT2D eigenvalue weighted by Crippen LogP contribution is 2.49. The van der Waals surface area contributed by atoms with E-state index in [1.54, 1.807) is 0 Å². The summed E-state index contributed by atoms with van der Waals surface area (Å²) in [5, 5.41) is 5.12. The Balaban J connectivity index is 1.31. The predicted molar refractivity (Wildman–Crippen MR) is 208 cm³/mol. The number of fused-ring (bicyclic) bond motifs is 8. The Kier molecular flexibility index (Phi) is 5.50. The number of hydrogen-bond donors (Lipinski definition) is 0. The minimum absolute atomic E-state index is 0.112. The maximum atomic E-state index is 2.66. The fourth-order valence-corrected chi connectivity index (χ4v) is 8.73. The van der Waals surface area contributed by atoms with E-state index in [0.717, 1.165) is 17.1 Å². The number of anilines is 3. The highest BCUT2D eigenvalue weighted by atomic mass is 15.1. The van der Waals surface area contributed by atoms with Crippen molar-refractivity contribution < 1.29 is 0 Å². The van der Waals surface area contributed by atoms with E-state index in [9.17, 15) is 0 Å². The van der Waals surface area contributed by atoms with Gasteiger partial charge in [-0.1, -0.05) is 127 Å². The van der Waals surface area contributed by atoms with Gasteiger partial charge in [-0.25, -0.2) is 0 Å². The Morgan fingerprint density at radius 2 is 0.898 bits per heavy atom. The summed E-state index contributed by atoms with van der Waals surface area (Å²) in [4.78, 5) is 2.40. The van der Waals surface area contributed by atoms with Gasteiger partial charge >= 0.3 is 6.85 Å². The Labute approximate surface area is 285 Å².